The minimum Gasteiger partial charge on any atom is -0.490 e. The van der Waals surface area contributed by atoms with Crippen molar-refractivity contribution in [2.75, 3.05) is 13.2 Å². The standard InChI is InChI=1S/C16H17BrFNO2/c1-11(19)15-10-13(18)5-6-16(15)21-8-7-20-14-4-2-3-12(17)9-14/h2-6,9-11H,7-8,19H2,1H3/t11-/m0/s1. The maximum absolute atomic E-state index is 13.2. The van der Waals surface area contributed by atoms with E-state index >= 15 is 0 Å². The molecule has 0 amide bonds. The summed E-state index contributed by atoms with van der Waals surface area (Å²) in [6, 6.07) is 11.6. The maximum Gasteiger partial charge on any atom is 0.124 e. The highest BCUT2D eigenvalue weighted by atomic mass is 79.9. The predicted molar refractivity (Wildman–Crippen MR) is 84.1 cm³/mol. The molecule has 0 aliphatic carbocycles. The van der Waals surface area contributed by atoms with Gasteiger partial charge in [0.25, 0.3) is 0 Å². The third-order valence-corrected chi connectivity index (χ3v) is 3.36. The number of benzene rings is 2. The predicted octanol–water partition coefficient (Wildman–Crippen LogP) is 4.07. The fourth-order valence-electron chi connectivity index (χ4n) is 1.87. The lowest BCUT2D eigenvalue weighted by Gasteiger charge is -2.14. The van der Waals surface area contributed by atoms with Crippen LogP contribution in [0, 0.1) is 5.82 Å². The average molecular weight is 354 g/mol. The van der Waals surface area contributed by atoms with Crippen molar-refractivity contribution in [3.8, 4) is 11.5 Å². The van der Waals surface area contributed by atoms with E-state index in [9.17, 15) is 4.39 Å². The van der Waals surface area contributed by atoms with Gasteiger partial charge in [-0.2, -0.15) is 0 Å². The molecule has 0 heterocycles. The molecule has 0 aliphatic heterocycles. The van der Waals surface area contributed by atoms with Gasteiger partial charge in [0.15, 0.2) is 0 Å². The molecule has 21 heavy (non-hydrogen) atoms. The van der Waals surface area contributed by atoms with E-state index in [-0.39, 0.29) is 11.9 Å². The van der Waals surface area contributed by atoms with Crippen molar-refractivity contribution < 1.29 is 13.9 Å². The van der Waals surface area contributed by atoms with Crippen LogP contribution in [0.4, 0.5) is 4.39 Å². The second kappa shape index (κ2) is 7.43. The van der Waals surface area contributed by atoms with Gasteiger partial charge < -0.3 is 15.2 Å². The Bertz CT molecular complexity index is 605. The van der Waals surface area contributed by atoms with Gasteiger partial charge in [-0.3, -0.25) is 0 Å². The van der Waals surface area contributed by atoms with Crippen molar-refractivity contribution in [3.63, 3.8) is 0 Å². The van der Waals surface area contributed by atoms with Gasteiger partial charge in [0.05, 0.1) is 0 Å². The minimum atomic E-state index is -0.319. The summed E-state index contributed by atoms with van der Waals surface area (Å²) in [5, 5.41) is 0. The summed E-state index contributed by atoms with van der Waals surface area (Å²) in [4.78, 5) is 0. The molecule has 2 rings (SSSR count). The van der Waals surface area contributed by atoms with Crippen LogP contribution >= 0.6 is 15.9 Å². The summed E-state index contributed by atoms with van der Waals surface area (Å²) >= 11 is 3.38. The van der Waals surface area contributed by atoms with Crippen LogP contribution in [0.15, 0.2) is 46.9 Å². The first-order chi connectivity index (χ1) is 10.1. The lowest BCUT2D eigenvalue weighted by atomic mass is 10.1. The normalized spacial score (nSPS) is 12.0. The van der Waals surface area contributed by atoms with Crippen LogP contribution in [-0.2, 0) is 0 Å². The van der Waals surface area contributed by atoms with Crippen LogP contribution in [-0.4, -0.2) is 13.2 Å². The van der Waals surface area contributed by atoms with Gasteiger partial charge in [-0.25, -0.2) is 4.39 Å². The van der Waals surface area contributed by atoms with E-state index in [1.165, 1.54) is 12.1 Å². The number of rotatable bonds is 6. The zero-order chi connectivity index (χ0) is 15.2. The minimum absolute atomic E-state index is 0.290. The van der Waals surface area contributed by atoms with Gasteiger partial charge in [-0.05, 0) is 43.3 Å². The Hall–Kier alpha value is -1.59. The summed E-state index contributed by atoms with van der Waals surface area (Å²) in [5.74, 6) is 1.03. The molecule has 0 saturated carbocycles. The quantitative estimate of drug-likeness (QED) is 0.796. The molecule has 0 unspecified atom stereocenters. The van der Waals surface area contributed by atoms with Gasteiger partial charge >= 0.3 is 0 Å². The molecule has 0 aromatic heterocycles. The summed E-state index contributed by atoms with van der Waals surface area (Å²) in [6.45, 7) is 2.55. The first-order valence-electron chi connectivity index (χ1n) is 6.62. The van der Waals surface area contributed by atoms with E-state index in [0.717, 1.165) is 10.2 Å². The van der Waals surface area contributed by atoms with Crippen molar-refractivity contribution in [1.29, 1.82) is 0 Å². The van der Waals surface area contributed by atoms with Crippen molar-refractivity contribution in [2.45, 2.75) is 13.0 Å². The van der Waals surface area contributed by atoms with Crippen molar-refractivity contribution in [2.24, 2.45) is 5.73 Å². The fourth-order valence-corrected chi connectivity index (χ4v) is 2.25. The monoisotopic (exact) mass is 353 g/mol. The number of halogens is 2. The molecule has 0 aliphatic rings. The van der Waals surface area contributed by atoms with E-state index in [1.54, 1.807) is 13.0 Å². The Labute approximate surface area is 132 Å². The highest BCUT2D eigenvalue weighted by Gasteiger charge is 2.09. The lowest BCUT2D eigenvalue weighted by Crippen LogP contribution is -2.13. The number of ether oxygens (including phenoxy) is 2. The van der Waals surface area contributed by atoms with Crippen molar-refractivity contribution >= 4 is 15.9 Å². The van der Waals surface area contributed by atoms with Gasteiger partial charge in [-0.1, -0.05) is 22.0 Å². The van der Waals surface area contributed by atoms with E-state index in [4.69, 9.17) is 15.2 Å². The molecule has 0 fully saturated rings. The summed E-state index contributed by atoms with van der Waals surface area (Å²) in [5.41, 5.74) is 6.46. The molecule has 1 atom stereocenters. The smallest absolute Gasteiger partial charge is 0.124 e. The SMILES string of the molecule is C[C@H](N)c1cc(F)ccc1OCCOc1cccc(Br)c1. The van der Waals surface area contributed by atoms with Gasteiger partial charge in [0.2, 0.25) is 0 Å². The van der Waals surface area contributed by atoms with Crippen LogP contribution < -0.4 is 15.2 Å². The molecule has 5 heteroatoms. The molecule has 112 valence electrons. The number of nitrogens with two attached hydrogens (primary N) is 1. The molecule has 0 bridgehead atoms. The Kier molecular flexibility index (Phi) is 5.59. The molecule has 0 spiro atoms. The first-order valence-corrected chi connectivity index (χ1v) is 7.42. The molecule has 2 N–H and O–H groups in total. The van der Waals surface area contributed by atoms with E-state index in [0.29, 0.717) is 24.5 Å². The molecule has 0 radical (unpaired) electrons. The number of hydrogen-bond donors (Lipinski definition) is 1. The summed E-state index contributed by atoms with van der Waals surface area (Å²) in [7, 11) is 0. The molecular weight excluding hydrogens is 337 g/mol. The second-order valence-electron chi connectivity index (χ2n) is 4.63. The second-order valence-corrected chi connectivity index (χ2v) is 5.54. The Morgan fingerprint density at radius 1 is 1.14 bits per heavy atom. The molecule has 0 saturated heterocycles. The van der Waals surface area contributed by atoms with Crippen molar-refractivity contribution in [1.82, 2.24) is 0 Å². The molecule has 2 aromatic rings. The maximum atomic E-state index is 13.2. The fraction of sp³-hybridized carbons (Fsp3) is 0.250. The Morgan fingerprint density at radius 2 is 1.90 bits per heavy atom. The van der Waals surface area contributed by atoms with Crippen LogP contribution in [0.5, 0.6) is 11.5 Å². The van der Waals surface area contributed by atoms with Crippen molar-refractivity contribution in [3.05, 3.63) is 58.3 Å². The third-order valence-electron chi connectivity index (χ3n) is 2.87. The van der Waals surface area contributed by atoms with Gasteiger partial charge in [0.1, 0.15) is 30.5 Å². The number of hydrogen-bond acceptors (Lipinski definition) is 3. The van der Waals surface area contributed by atoms with Gasteiger partial charge in [-0.15, -0.1) is 0 Å². The highest BCUT2D eigenvalue weighted by Crippen LogP contribution is 2.24. The Morgan fingerprint density at radius 3 is 2.62 bits per heavy atom. The molecule has 3 nitrogen and oxygen atoms in total. The lowest BCUT2D eigenvalue weighted by molar-refractivity contribution is 0.215. The van der Waals surface area contributed by atoms with Crippen LogP contribution in [0.1, 0.15) is 18.5 Å². The highest BCUT2D eigenvalue weighted by molar-refractivity contribution is 9.10. The first kappa shape index (κ1) is 15.8. The Balaban J connectivity index is 1.89. The largest absolute Gasteiger partial charge is 0.490 e. The van der Waals surface area contributed by atoms with Crippen LogP contribution in [0.25, 0.3) is 0 Å². The third kappa shape index (κ3) is 4.72. The van der Waals surface area contributed by atoms with E-state index < -0.39 is 0 Å². The van der Waals surface area contributed by atoms with E-state index in [2.05, 4.69) is 15.9 Å². The van der Waals surface area contributed by atoms with Crippen LogP contribution in [0.2, 0.25) is 0 Å². The summed E-state index contributed by atoms with van der Waals surface area (Å²) in [6.07, 6.45) is 0. The molecular formula is C16H17BrFNO2. The molecule has 2 aromatic carbocycles. The van der Waals surface area contributed by atoms with E-state index in [1.807, 2.05) is 24.3 Å². The zero-order valence-corrected chi connectivity index (χ0v) is 13.3. The zero-order valence-electron chi connectivity index (χ0n) is 11.7. The van der Waals surface area contributed by atoms with Crippen LogP contribution in [0.3, 0.4) is 0 Å². The van der Waals surface area contributed by atoms with Gasteiger partial charge in [0, 0.05) is 16.1 Å². The topological polar surface area (TPSA) is 44.5 Å². The summed E-state index contributed by atoms with van der Waals surface area (Å²) < 4.78 is 25.4. The average Bonchev–Trinajstić information content (AvgIpc) is 2.44.